The lowest BCUT2D eigenvalue weighted by atomic mass is 9.98. The third-order valence-electron chi connectivity index (χ3n) is 4.98. The molecule has 13 heteroatoms. The zero-order valence-electron chi connectivity index (χ0n) is 19.4. The topological polar surface area (TPSA) is 107 Å². The maximum atomic E-state index is 14.4. The molecule has 0 bridgehead atoms. The number of nitrogens with zero attached hydrogens (tertiary/aromatic N) is 1. The number of pyridine rings is 1. The van der Waals surface area contributed by atoms with Crippen molar-refractivity contribution in [2.45, 2.75) is 38.7 Å². The van der Waals surface area contributed by atoms with E-state index in [1.807, 2.05) is 0 Å². The van der Waals surface area contributed by atoms with Crippen molar-refractivity contribution in [3.8, 4) is 0 Å². The molecule has 0 saturated carbocycles. The van der Waals surface area contributed by atoms with Gasteiger partial charge in [-0.1, -0.05) is 18.2 Å². The number of carbonyl (C=O) groups excluding carboxylic acids is 1. The second-order valence-corrected chi connectivity index (χ2v) is 9.56. The van der Waals surface area contributed by atoms with Gasteiger partial charge in [-0.25, -0.2) is 22.5 Å². The molecule has 0 aliphatic carbocycles. The van der Waals surface area contributed by atoms with E-state index in [1.54, 1.807) is 0 Å². The smallest absolute Gasteiger partial charge is 0.382 e. The van der Waals surface area contributed by atoms with Gasteiger partial charge in [0.1, 0.15) is 11.5 Å². The van der Waals surface area contributed by atoms with Crippen molar-refractivity contribution in [2.75, 3.05) is 26.6 Å². The molecule has 2 aromatic rings. The van der Waals surface area contributed by atoms with Crippen LogP contribution in [0.4, 0.5) is 17.6 Å². The number of alkyl halides is 3. The molecule has 1 heterocycles. The average Bonchev–Trinajstić information content (AvgIpc) is 2.78. The van der Waals surface area contributed by atoms with Crippen LogP contribution in [0.5, 0.6) is 0 Å². The Morgan fingerprint density at radius 1 is 1.11 bits per heavy atom. The van der Waals surface area contributed by atoms with Crippen LogP contribution in [0.25, 0.3) is 0 Å². The Bertz CT molecular complexity index is 1130. The normalized spacial score (nSPS) is 13.0. The lowest BCUT2D eigenvalue weighted by Crippen LogP contribution is -2.28. The monoisotopic (exact) mass is 521 g/mol. The number of rotatable bonds is 12. The lowest BCUT2D eigenvalue weighted by Gasteiger charge is -2.16. The highest BCUT2D eigenvalue weighted by Crippen LogP contribution is 2.28. The van der Waals surface area contributed by atoms with Gasteiger partial charge in [0, 0.05) is 25.8 Å². The van der Waals surface area contributed by atoms with E-state index in [0.717, 1.165) is 18.4 Å². The van der Waals surface area contributed by atoms with Crippen molar-refractivity contribution in [1.82, 2.24) is 15.0 Å². The van der Waals surface area contributed by atoms with Gasteiger partial charge in [-0.15, -0.1) is 0 Å². The number of hydrogen-bond acceptors (Lipinski definition) is 6. The molecule has 0 fully saturated rings. The van der Waals surface area contributed by atoms with Crippen LogP contribution < -0.4 is 10.0 Å². The van der Waals surface area contributed by atoms with E-state index in [4.69, 9.17) is 9.47 Å². The highest BCUT2D eigenvalue weighted by Gasteiger charge is 2.33. The molecule has 2 N–H and O–H groups in total. The molecular formula is C22H27F4N3O5S. The van der Waals surface area contributed by atoms with Crippen LogP contribution in [0.2, 0.25) is 0 Å². The Morgan fingerprint density at radius 2 is 1.80 bits per heavy atom. The predicted molar refractivity (Wildman–Crippen MR) is 119 cm³/mol. The van der Waals surface area contributed by atoms with E-state index in [-0.39, 0.29) is 44.2 Å². The summed E-state index contributed by atoms with van der Waals surface area (Å²) in [6.07, 6.45) is -3.68. The predicted octanol–water partition coefficient (Wildman–Crippen LogP) is 2.87. The summed E-state index contributed by atoms with van der Waals surface area (Å²) in [4.78, 5) is 16.3. The van der Waals surface area contributed by atoms with Crippen molar-refractivity contribution in [3.63, 3.8) is 0 Å². The van der Waals surface area contributed by atoms with Crippen LogP contribution in [-0.4, -0.2) is 45.9 Å². The molecule has 1 unspecified atom stereocenters. The molecule has 0 saturated heterocycles. The summed E-state index contributed by atoms with van der Waals surface area (Å²) in [5.41, 5.74) is -0.258. The molecule has 2 rings (SSSR count). The molecule has 35 heavy (non-hydrogen) atoms. The summed E-state index contributed by atoms with van der Waals surface area (Å²) < 4.78 is 88.3. The summed E-state index contributed by atoms with van der Waals surface area (Å²) in [6, 6.07) is 6.06. The quantitative estimate of drug-likeness (QED) is 0.329. The Hall–Kier alpha value is -2.61. The molecule has 0 aliphatic rings. The highest BCUT2D eigenvalue weighted by molar-refractivity contribution is 7.88. The number of ether oxygens (including phenoxy) is 2. The summed E-state index contributed by atoms with van der Waals surface area (Å²) in [7, 11) is -2.04. The van der Waals surface area contributed by atoms with Crippen molar-refractivity contribution in [2.24, 2.45) is 0 Å². The first-order valence-electron chi connectivity index (χ1n) is 10.4. The van der Waals surface area contributed by atoms with E-state index in [0.29, 0.717) is 11.1 Å². The number of benzene rings is 1. The maximum absolute atomic E-state index is 14.4. The fourth-order valence-corrected chi connectivity index (χ4v) is 3.37. The van der Waals surface area contributed by atoms with Gasteiger partial charge in [-0.05, 0) is 30.2 Å². The summed E-state index contributed by atoms with van der Waals surface area (Å²) in [6.45, 7) is 1.39. The SMILES string of the molecule is COCCOCc1nc(C(F)(F)F)ccc1CNC(=O)C(C)c1ccc(CNS(C)(=O)=O)c(F)c1. The van der Waals surface area contributed by atoms with Gasteiger partial charge in [-0.3, -0.25) is 4.79 Å². The highest BCUT2D eigenvalue weighted by atomic mass is 32.2. The van der Waals surface area contributed by atoms with Crippen LogP contribution in [0.3, 0.4) is 0 Å². The minimum Gasteiger partial charge on any atom is -0.382 e. The molecule has 1 aromatic carbocycles. The number of methoxy groups -OCH3 is 1. The van der Waals surface area contributed by atoms with Crippen LogP contribution in [0.15, 0.2) is 30.3 Å². The number of aromatic nitrogens is 1. The summed E-state index contributed by atoms with van der Waals surface area (Å²) >= 11 is 0. The number of nitrogens with one attached hydrogen (secondary N) is 2. The second kappa shape index (κ2) is 12.4. The zero-order valence-corrected chi connectivity index (χ0v) is 20.2. The molecule has 8 nitrogen and oxygen atoms in total. The number of hydrogen-bond donors (Lipinski definition) is 2. The number of halogens is 4. The molecule has 0 aliphatic heterocycles. The van der Waals surface area contributed by atoms with Crippen LogP contribution in [0.1, 0.15) is 40.9 Å². The van der Waals surface area contributed by atoms with Crippen LogP contribution in [-0.2, 0) is 50.2 Å². The van der Waals surface area contributed by atoms with Crippen molar-refractivity contribution >= 4 is 15.9 Å². The van der Waals surface area contributed by atoms with Gasteiger partial charge in [0.15, 0.2) is 0 Å². The average molecular weight is 522 g/mol. The van der Waals surface area contributed by atoms with E-state index in [1.165, 1.54) is 32.2 Å². The molecule has 0 spiro atoms. The first-order valence-corrected chi connectivity index (χ1v) is 12.3. The molecule has 194 valence electrons. The second-order valence-electron chi connectivity index (χ2n) is 7.73. The maximum Gasteiger partial charge on any atom is 0.433 e. The van der Waals surface area contributed by atoms with Gasteiger partial charge in [0.05, 0.1) is 37.7 Å². The number of sulfonamides is 1. The van der Waals surface area contributed by atoms with Crippen LogP contribution in [0, 0.1) is 5.82 Å². The zero-order chi connectivity index (χ0) is 26.2. The Morgan fingerprint density at radius 3 is 2.40 bits per heavy atom. The minimum absolute atomic E-state index is 0.0256. The van der Waals surface area contributed by atoms with Gasteiger partial charge in [0.25, 0.3) is 0 Å². The summed E-state index contributed by atoms with van der Waals surface area (Å²) in [5, 5.41) is 2.62. The van der Waals surface area contributed by atoms with Gasteiger partial charge in [-0.2, -0.15) is 13.2 Å². The van der Waals surface area contributed by atoms with E-state index in [9.17, 15) is 30.8 Å². The van der Waals surface area contributed by atoms with Crippen LogP contribution >= 0.6 is 0 Å². The van der Waals surface area contributed by atoms with Gasteiger partial charge >= 0.3 is 6.18 Å². The lowest BCUT2D eigenvalue weighted by molar-refractivity contribution is -0.141. The van der Waals surface area contributed by atoms with Gasteiger partial charge < -0.3 is 14.8 Å². The van der Waals surface area contributed by atoms with Crippen molar-refractivity contribution in [3.05, 3.63) is 64.2 Å². The third-order valence-corrected chi connectivity index (χ3v) is 5.65. The minimum atomic E-state index is -4.63. The fraction of sp³-hybridized carbons (Fsp3) is 0.455. The largest absolute Gasteiger partial charge is 0.433 e. The Kier molecular flexibility index (Phi) is 10.1. The first-order chi connectivity index (χ1) is 16.3. The molecule has 1 aromatic heterocycles. The summed E-state index contributed by atoms with van der Waals surface area (Å²) in [5.74, 6) is -1.96. The van der Waals surface area contributed by atoms with Gasteiger partial charge in [0.2, 0.25) is 15.9 Å². The van der Waals surface area contributed by atoms with E-state index < -0.39 is 39.5 Å². The van der Waals surface area contributed by atoms with E-state index in [2.05, 4.69) is 15.0 Å². The third kappa shape index (κ3) is 9.17. The number of amides is 1. The number of carbonyl (C=O) groups is 1. The van der Waals surface area contributed by atoms with E-state index >= 15 is 0 Å². The molecule has 1 amide bonds. The molecular weight excluding hydrogens is 494 g/mol. The van der Waals surface area contributed by atoms with Crippen molar-refractivity contribution in [1.29, 1.82) is 0 Å². The molecule has 1 atom stereocenters. The fourth-order valence-electron chi connectivity index (χ4n) is 2.96. The van der Waals surface area contributed by atoms with Crippen molar-refractivity contribution < 1.29 is 40.2 Å². The Labute approximate surface area is 201 Å². The standard InChI is InChI=1S/C22H27F4N3O5S/c1-14(15-4-5-16(18(23)10-15)12-28-35(3,31)32)21(30)27-11-17-6-7-20(22(24,25)26)29-19(17)13-34-9-8-33-2/h4-7,10,14,28H,8-9,11-13H2,1-3H3,(H,27,30). The Balaban J connectivity index is 2.09. The first kappa shape index (κ1) is 28.6. The molecule has 0 radical (unpaired) electrons.